The normalized spacial score (nSPS) is 17.6. The van der Waals surface area contributed by atoms with Crippen LogP contribution in [0.2, 0.25) is 0 Å². The van der Waals surface area contributed by atoms with Crippen LogP contribution in [-0.2, 0) is 16.6 Å². The highest BCUT2D eigenvalue weighted by Gasteiger charge is 2.42. The van der Waals surface area contributed by atoms with E-state index < -0.39 is 10.0 Å². The molecule has 1 heterocycles. The van der Waals surface area contributed by atoms with Crippen molar-refractivity contribution in [2.75, 3.05) is 6.54 Å². The first-order valence-corrected chi connectivity index (χ1v) is 9.06. The monoisotopic (exact) mass is 302 g/mol. The quantitative estimate of drug-likeness (QED) is 0.760. The number of thiophene rings is 1. The minimum atomic E-state index is -3.39. The molecule has 2 rings (SSSR count). The Labute approximate surface area is 119 Å². The van der Waals surface area contributed by atoms with Gasteiger partial charge in [-0.3, -0.25) is 0 Å². The average molecular weight is 302 g/mol. The number of rotatable bonds is 7. The van der Waals surface area contributed by atoms with Crippen molar-refractivity contribution in [1.82, 2.24) is 10.0 Å². The zero-order valence-electron chi connectivity index (χ0n) is 11.7. The maximum Gasteiger partial charge on any atom is 0.242 e. The van der Waals surface area contributed by atoms with Crippen molar-refractivity contribution >= 4 is 21.4 Å². The van der Waals surface area contributed by atoms with Crippen LogP contribution in [0.1, 0.15) is 43.6 Å². The second-order valence-corrected chi connectivity index (χ2v) is 8.10. The highest BCUT2D eigenvalue weighted by molar-refractivity contribution is 7.89. The molecule has 1 aromatic heterocycles. The predicted octanol–water partition coefficient (Wildman–Crippen LogP) is 2.39. The van der Waals surface area contributed by atoms with Crippen LogP contribution < -0.4 is 10.0 Å². The lowest BCUT2D eigenvalue weighted by Gasteiger charge is -2.14. The molecule has 0 bridgehead atoms. The SMILES string of the molecule is CCCNCc1scc(C)c1S(=O)(=O)NC1(C)CC1. The molecule has 0 amide bonds. The third kappa shape index (κ3) is 3.56. The van der Waals surface area contributed by atoms with Crippen molar-refractivity contribution in [2.45, 2.75) is 57.0 Å². The van der Waals surface area contributed by atoms with Crippen LogP contribution >= 0.6 is 11.3 Å². The van der Waals surface area contributed by atoms with E-state index in [1.807, 2.05) is 19.2 Å². The van der Waals surface area contributed by atoms with Gasteiger partial charge in [0, 0.05) is 17.0 Å². The van der Waals surface area contributed by atoms with Crippen molar-refractivity contribution in [3.05, 3.63) is 15.8 Å². The maximum atomic E-state index is 12.5. The Balaban J connectivity index is 2.20. The molecule has 0 radical (unpaired) electrons. The molecule has 1 aliphatic carbocycles. The van der Waals surface area contributed by atoms with Gasteiger partial charge in [0.25, 0.3) is 0 Å². The molecule has 0 aliphatic heterocycles. The van der Waals surface area contributed by atoms with Crippen molar-refractivity contribution in [3.8, 4) is 0 Å². The molecule has 1 aromatic rings. The van der Waals surface area contributed by atoms with Crippen LogP contribution in [-0.4, -0.2) is 20.5 Å². The van der Waals surface area contributed by atoms with Crippen LogP contribution in [0.3, 0.4) is 0 Å². The molecule has 1 saturated carbocycles. The molecule has 1 fully saturated rings. The van der Waals surface area contributed by atoms with E-state index in [0.29, 0.717) is 11.4 Å². The van der Waals surface area contributed by atoms with Gasteiger partial charge in [-0.2, -0.15) is 0 Å². The highest BCUT2D eigenvalue weighted by atomic mass is 32.2. The van der Waals surface area contributed by atoms with Gasteiger partial charge in [0.1, 0.15) is 4.90 Å². The number of aryl methyl sites for hydroxylation is 1. The first kappa shape index (κ1) is 15.0. The number of sulfonamides is 1. The minimum Gasteiger partial charge on any atom is -0.312 e. The molecule has 19 heavy (non-hydrogen) atoms. The zero-order valence-corrected chi connectivity index (χ0v) is 13.4. The summed E-state index contributed by atoms with van der Waals surface area (Å²) in [6.07, 6.45) is 2.90. The molecule has 4 nitrogen and oxygen atoms in total. The van der Waals surface area contributed by atoms with Crippen LogP contribution in [0.25, 0.3) is 0 Å². The molecule has 2 N–H and O–H groups in total. The van der Waals surface area contributed by atoms with Gasteiger partial charge in [0.2, 0.25) is 10.0 Å². The van der Waals surface area contributed by atoms with Gasteiger partial charge < -0.3 is 5.32 Å². The summed E-state index contributed by atoms with van der Waals surface area (Å²) in [5.41, 5.74) is 0.622. The molecule has 108 valence electrons. The third-order valence-corrected chi connectivity index (χ3v) is 6.45. The second kappa shape index (κ2) is 5.52. The largest absolute Gasteiger partial charge is 0.312 e. The minimum absolute atomic E-state index is 0.221. The Morgan fingerprint density at radius 1 is 1.42 bits per heavy atom. The standard InChI is InChI=1S/C13H22N2O2S2/c1-4-7-14-8-11-12(10(2)9-18-11)19(16,17)15-13(3)5-6-13/h9,14-15H,4-8H2,1-3H3. The Morgan fingerprint density at radius 2 is 2.11 bits per heavy atom. The molecule has 0 unspecified atom stereocenters. The van der Waals surface area contributed by atoms with Gasteiger partial charge in [-0.15, -0.1) is 11.3 Å². The van der Waals surface area contributed by atoms with E-state index >= 15 is 0 Å². The molecular weight excluding hydrogens is 280 g/mol. The van der Waals surface area contributed by atoms with E-state index in [4.69, 9.17) is 0 Å². The van der Waals surface area contributed by atoms with Gasteiger partial charge in [-0.05, 0) is 50.6 Å². The Morgan fingerprint density at radius 3 is 2.68 bits per heavy atom. The summed E-state index contributed by atoms with van der Waals surface area (Å²) in [4.78, 5) is 1.39. The lowest BCUT2D eigenvalue weighted by Crippen LogP contribution is -2.35. The van der Waals surface area contributed by atoms with Crippen LogP contribution in [0.5, 0.6) is 0 Å². The van der Waals surface area contributed by atoms with Crippen molar-refractivity contribution in [3.63, 3.8) is 0 Å². The fraction of sp³-hybridized carbons (Fsp3) is 0.692. The van der Waals surface area contributed by atoms with E-state index in [2.05, 4.69) is 17.0 Å². The Kier molecular flexibility index (Phi) is 4.35. The van der Waals surface area contributed by atoms with E-state index in [1.54, 1.807) is 0 Å². The lowest BCUT2D eigenvalue weighted by molar-refractivity contribution is 0.556. The summed E-state index contributed by atoms with van der Waals surface area (Å²) < 4.78 is 27.8. The first-order chi connectivity index (χ1) is 8.88. The first-order valence-electron chi connectivity index (χ1n) is 6.69. The third-order valence-electron chi connectivity index (χ3n) is 3.35. The average Bonchev–Trinajstić information content (AvgIpc) is 2.88. The molecule has 0 aromatic carbocycles. The van der Waals surface area contributed by atoms with Crippen molar-refractivity contribution < 1.29 is 8.42 Å². The van der Waals surface area contributed by atoms with Gasteiger partial charge >= 0.3 is 0 Å². The molecule has 0 atom stereocenters. The summed E-state index contributed by atoms with van der Waals surface area (Å²) in [5, 5.41) is 5.20. The Bertz CT molecular complexity index is 545. The molecule has 1 aliphatic rings. The number of hydrogen-bond donors (Lipinski definition) is 2. The van der Waals surface area contributed by atoms with Crippen LogP contribution in [0.15, 0.2) is 10.3 Å². The summed E-state index contributed by atoms with van der Waals surface area (Å²) in [6.45, 7) is 7.45. The van der Waals surface area contributed by atoms with Crippen molar-refractivity contribution in [1.29, 1.82) is 0 Å². The van der Waals surface area contributed by atoms with E-state index in [-0.39, 0.29) is 5.54 Å². The maximum absolute atomic E-state index is 12.5. The predicted molar refractivity (Wildman–Crippen MR) is 79.0 cm³/mol. The lowest BCUT2D eigenvalue weighted by atomic mass is 10.3. The van der Waals surface area contributed by atoms with Gasteiger partial charge in [-0.25, -0.2) is 13.1 Å². The van der Waals surface area contributed by atoms with E-state index in [1.165, 1.54) is 11.3 Å². The van der Waals surface area contributed by atoms with Gasteiger partial charge in [-0.1, -0.05) is 6.92 Å². The molecule has 0 saturated heterocycles. The smallest absolute Gasteiger partial charge is 0.242 e. The highest BCUT2D eigenvalue weighted by Crippen LogP contribution is 2.37. The fourth-order valence-corrected chi connectivity index (χ4v) is 5.26. The molecular formula is C13H22N2O2S2. The summed E-state index contributed by atoms with van der Waals surface area (Å²) in [5.74, 6) is 0. The molecule has 0 spiro atoms. The van der Waals surface area contributed by atoms with Gasteiger partial charge in [0.15, 0.2) is 0 Å². The fourth-order valence-electron chi connectivity index (χ4n) is 2.01. The number of hydrogen-bond acceptors (Lipinski definition) is 4. The topological polar surface area (TPSA) is 58.2 Å². The number of nitrogens with one attached hydrogen (secondary N) is 2. The van der Waals surface area contributed by atoms with E-state index in [9.17, 15) is 8.42 Å². The van der Waals surface area contributed by atoms with E-state index in [0.717, 1.165) is 36.2 Å². The van der Waals surface area contributed by atoms with Crippen LogP contribution in [0, 0.1) is 6.92 Å². The summed E-state index contributed by atoms with van der Waals surface area (Å²) in [6, 6.07) is 0. The zero-order chi connectivity index (χ0) is 14.1. The van der Waals surface area contributed by atoms with Gasteiger partial charge in [0.05, 0.1) is 0 Å². The summed E-state index contributed by atoms with van der Waals surface area (Å²) >= 11 is 1.52. The Hall–Kier alpha value is -0.430. The van der Waals surface area contributed by atoms with Crippen molar-refractivity contribution in [2.24, 2.45) is 0 Å². The summed E-state index contributed by atoms with van der Waals surface area (Å²) in [7, 11) is -3.39. The molecule has 6 heteroatoms. The van der Waals surface area contributed by atoms with Crippen LogP contribution in [0.4, 0.5) is 0 Å². The second-order valence-electron chi connectivity index (χ2n) is 5.51.